The summed E-state index contributed by atoms with van der Waals surface area (Å²) in [4.78, 5) is 18.0. The van der Waals surface area contributed by atoms with Gasteiger partial charge < -0.3 is 19.0 Å². The molecular formula is C25H19N3O5. The van der Waals surface area contributed by atoms with Gasteiger partial charge in [-0.05, 0) is 42.5 Å². The van der Waals surface area contributed by atoms with Gasteiger partial charge in [0.2, 0.25) is 5.82 Å². The summed E-state index contributed by atoms with van der Waals surface area (Å²) in [5.41, 5.74) is 1.11. The van der Waals surface area contributed by atoms with Crippen LogP contribution in [0.1, 0.15) is 5.56 Å². The van der Waals surface area contributed by atoms with Gasteiger partial charge in [-0.15, -0.1) is 0 Å². The highest BCUT2D eigenvalue weighted by Gasteiger charge is 2.18. The first-order valence-corrected chi connectivity index (χ1v) is 10.1. The fourth-order valence-corrected chi connectivity index (χ4v) is 3.64. The van der Waals surface area contributed by atoms with Gasteiger partial charge in [-0.25, -0.2) is 4.98 Å². The van der Waals surface area contributed by atoms with Crippen LogP contribution in [0.4, 0.5) is 0 Å². The van der Waals surface area contributed by atoms with Gasteiger partial charge in [0.1, 0.15) is 11.3 Å². The van der Waals surface area contributed by atoms with Crippen molar-refractivity contribution in [3.63, 3.8) is 0 Å². The maximum Gasteiger partial charge on any atom is 0.282 e. The lowest BCUT2D eigenvalue weighted by atomic mass is 10.2. The second-order valence-corrected chi connectivity index (χ2v) is 7.19. The van der Waals surface area contributed by atoms with E-state index in [2.05, 4.69) is 10.1 Å². The molecule has 0 amide bonds. The van der Waals surface area contributed by atoms with Crippen LogP contribution in [0.5, 0.6) is 17.2 Å². The van der Waals surface area contributed by atoms with Gasteiger partial charge in [0, 0.05) is 5.56 Å². The molecule has 0 fully saturated rings. The fraction of sp³-hybridized carbons (Fsp3) is 0.0800. The van der Waals surface area contributed by atoms with Crippen LogP contribution in [0.25, 0.3) is 33.5 Å². The Labute approximate surface area is 187 Å². The minimum atomic E-state index is -0.373. The van der Waals surface area contributed by atoms with Crippen LogP contribution >= 0.6 is 0 Å². The Kier molecular flexibility index (Phi) is 5.02. The van der Waals surface area contributed by atoms with Crippen molar-refractivity contribution >= 4 is 28.1 Å². The lowest BCUT2D eigenvalue weighted by Crippen LogP contribution is -2.20. The van der Waals surface area contributed by atoms with Crippen molar-refractivity contribution in [1.82, 2.24) is 9.66 Å². The van der Waals surface area contributed by atoms with Gasteiger partial charge in [0.05, 0.1) is 36.7 Å². The molecule has 0 atom stereocenters. The molecule has 2 heterocycles. The Balaban J connectivity index is 1.74. The monoisotopic (exact) mass is 441 g/mol. The number of methoxy groups -OCH3 is 2. The first kappa shape index (κ1) is 20.3. The van der Waals surface area contributed by atoms with Crippen LogP contribution in [0.3, 0.4) is 0 Å². The first-order chi connectivity index (χ1) is 16.1. The molecule has 33 heavy (non-hydrogen) atoms. The van der Waals surface area contributed by atoms with Crippen molar-refractivity contribution in [3.05, 3.63) is 82.6 Å². The Morgan fingerprint density at radius 1 is 0.970 bits per heavy atom. The number of aromatic nitrogens is 2. The van der Waals surface area contributed by atoms with Crippen molar-refractivity contribution in [1.29, 1.82) is 0 Å². The molecule has 0 saturated heterocycles. The lowest BCUT2D eigenvalue weighted by molar-refractivity contribution is 0.373. The molecule has 0 spiro atoms. The topological polar surface area (TPSA) is 99.1 Å². The summed E-state index contributed by atoms with van der Waals surface area (Å²) >= 11 is 0. The third-order valence-corrected chi connectivity index (χ3v) is 5.28. The van der Waals surface area contributed by atoms with Gasteiger partial charge in [-0.2, -0.15) is 9.78 Å². The largest absolute Gasteiger partial charge is 0.504 e. The molecule has 0 aliphatic heterocycles. The number of para-hydroxylation sites is 2. The molecule has 1 N–H and O–H groups in total. The molecule has 0 bridgehead atoms. The number of benzene rings is 3. The average molecular weight is 441 g/mol. The number of rotatable bonds is 5. The van der Waals surface area contributed by atoms with Crippen LogP contribution in [-0.4, -0.2) is 35.2 Å². The van der Waals surface area contributed by atoms with E-state index in [0.717, 1.165) is 10.1 Å². The zero-order valence-electron chi connectivity index (χ0n) is 17.9. The van der Waals surface area contributed by atoms with Gasteiger partial charge in [0.25, 0.3) is 5.56 Å². The molecule has 0 aliphatic carbocycles. The molecular weight excluding hydrogens is 422 g/mol. The van der Waals surface area contributed by atoms with E-state index >= 15 is 0 Å². The number of fused-ring (bicyclic) bond motifs is 2. The zero-order valence-corrected chi connectivity index (χ0v) is 17.9. The number of ether oxygens (including phenoxy) is 2. The smallest absolute Gasteiger partial charge is 0.282 e. The molecule has 8 heteroatoms. The van der Waals surface area contributed by atoms with Crippen LogP contribution in [0, 0.1) is 0 Å². The van der Waals surface area contributed by atoms with Crippen molar-refractivity contribution in [3.8, 4) is 28.8 Å². The highest BCUT2D eigenvalue weighted by molar-refractivity contribution is 5.89. The molecule has 3 aromatic carbocycles. The highest BCUT2D eigenvalue weighted by Crippen LogP contribution is 2.33. The minimum absolute atomic E-state index is 0.0828. The van der Waals surface area contributed by atoms with Gasteiger partial charge in [0.15, 0.2) is 17.3 Å². The van der Waals surface area contributed by atoms with E-state index in [1.807, 2.05) is 24.3 Å². The van der Waals surface area contributed by atoms with Crippen molar-refractivity contribution in [2.24, 2.45) is 5.10 Å². The molecule has 5 rings (SSSR count). The van der Waals surface area contributed by atoms with Crippen LogP contribution in [-0.2, 0) is 0 Å². The highest BCUT2D eigenvalue weighted by atomic mass is 16.5. The third-order valence-electron chi connectivity index (χ3n) is 5.28. The zero-order chi connectivity index (χ0) is 22.9. The Morgan fingerprint density at radius 3 is 2.55 bits per heavy atom. The molecule has 2 aromatic heterocycles. The number of phenolic OH excluding ortho intramolecular Hbond substituents is 1. The third kappa shape index (κ3) is 3.47. The second-order valence-electron chi connectivity index (χ2n) is 7.19. The van der Waals surface area contributed by atoms with E-state index in [-0.39, 0.29) is 17.1 Å². The van der Waals surface area contributed by atoms with Crippen molar-refractivity contribution < 1.29 is 19.0 Å². The van der Waals surface area contributed by atoms with E-state index in [1.54, 1.807) is 49.6 Å². The number of phenols is 1. The quantitative estimate of drug-likeness (QED) is 0.406. The average Bonchev–Trinajstić information content (AvgIpc) is 3.28. The van der Waals surface area contributed by atoms with Crippen LogP contribution in [0.2, 0.25) is 0 Å². The van der Waals surface area contributed by atoms with E-state index in [4.69, 9.17) is 13.9 Å². The molecule has 0 aliphatic rings. The number of nitrogens with zero attached hydrogens (tertiary/aromatic N) is 3. The maximum atomic E-state index is 13.3. The predicted molar refractivity (Wildman–Crippen MR) is 125 cm³/mol. The summed E-state index contributed by atoms with van der Waals surface area (Å²) in [5, 5.41) is 15.9. The predicted octanol–water partition coefficient (Wildman–Crippen LogP) is 4.41. The molecule has 0 unspecified atom stereocenters. The SMILES string of the molecule is COc1cccc(C=Nn2c(-c3cc4c(OC)cccc4o3)nc3ccccc3c2=O)c1O. The van der Waals surface area contributed by atoms with Crippen molar-refractivity contribution in [2.75, 3.05) is 14.2 Å². The van der Waals surface area contributed by atoms with Gasteiger partial charge in [-0.3, -0.25) is 4.79 Å². The van der Waals surface area contributed by atoms with E-state index in [1.165, 1.54) is 13.3 Å². The molecule has 0 radical (unpaired) electrons. The van der Waals surface area contributed by atoms with E-state index in [0.29, 0.717) is 39.3 Å². The lowest BCUT2D eigenvalue weighted by Gasteiger charge is -2.08. The fourth-order valence-electron chi connectivity index (χ4n) is 3.64. The van der Waals surface area contributed by atoms with Crippen LogP contribution in [0.15, 0.2) is 81.0 Å². The first-order valence-electron chi connectivity index (χ1n) is 10.1. The summed E-state index contributed by atoms with van der Waals surface area (Å²) in [6.45, 7) is 0. The van der Waals surface area contributed by atoms with E-state index in [9.17, 15) is 9.90 Å². The summed E-state index contributed by atoms with van der Waals surface area (Å²) in [6, 6.07) is 19.2. The molecule has 0 saturated carbocycles. The Bertz CT molecular complexity index is 1580. The summed E-state index contributed by atoms with van der Waals surface area (Å²) in [5.74, 6) is 1.43. The summed E-state index contributed by atoms with van der Waals surface area (Å²) in [6.07, 6.45) is 1.38. The van der Waals surface area contributed by atoms with Gasteiger partial charge >= 0.3 is 0 Å². The Morgan fingerprint density at radius 2 is 1.73 bits per heavy atom. The second kappa shape index (κ2) is 8.16. The number of aromatic hydroxyl groups is 1. The molecule has 8 nitrogen and oxygen atoms in total. The Hall–Kier alpha value is -4.59. The minimum Gasteiger partial charge on any atom is -0.504 e. The van der Waals surface area contributed by atoms with E-state index < -0.39 is 0 Å². The summed E-state index contributed by atoms with van der Waals surface area (Å²) in [7, 11) is 3.04. The van der Waals surface area contributed by atoms with Gasteiger partial charge in [-0.1, -0.05) is 24.3 Å². The van der Waals surface area contributed by atoms with Crippen molar-refractivity contribution in [2.45, 2.75) is 0 Å². The standard InChI is InChI=1S/C25H19N3O5/c1-31-19-10-6-11-20-17(19)13-22(33-20)24-27-18-9-4-3-8-16(18)25(30)28(24)26-14-15-7-5-12-21(32-2)23(15)29/h3-14,29H,1-2H3. The number of hydrogen-bond donors (Lipinski definition) is 1. The number of hydrogen-bond acceptors (Lipinski definition) is 7. The maximum absolute atomic E-state index is 13.3. The summed E-state index contributed by atoms with van der Waals surface area (Å²) < 4.78 is 17.7. The van der Waals surface area contributed by atoms with Crippen LogP contribution < -0.4 is 15.0 Å². The normalized spacial score (nSPS) is 11.5. The molecule has 164 valence electrons. The number of furan rings is 1. The molecule has 5 aromatic rings.